The van der Waals surface area contributed by atoms with Gasteiger partial charge in [0.05, 0.1) is 11.4 Å². The molecule has 0 saturated heterocycles. The summed E-state index contributed by atoms with van der Waals surface area (Å²) in [6.45, 7) is 10.9. The number of rotatable bonds is 5. The average molecular weight is 283 g/mol. The maximum atomic E-state index is 4.53. The highest BCUT2D eigenvalue weighted by molar-refractivity contribution is 5.31. The Bertz CT molecular complexity index is 585. The van der Waals surface area contributed by atoms with E-state index in [2.05, 4.69) is 55.6 Å². The van der Waals surface area contributed by atoms with E-state index in [0.29, 0.717) is 11.8 Å². The minimum atomic E-state index is 0.422. The van der Waals surface area contributed by atoms with Crippen molar-refractivity contribution in [3.8, 4) is 0 Å². The maximum absolute atomic E-state index is 4.53. The smallest absolute Gasteiger partial charge is 0.0644 e. The highest BCUT2D eigenvalue weighted by Gasteiger charge is 2.15. The van der Waals surface area contributed by atoms with Gasteiger partial charge in [0.25, 0.3) is 0 Å². The van der Waals surface area contributed by atoms with E-state index in [1.807, 2.05) is 6.20 Å². The molecule has 112 valence electrons. The lowest BCUT2D eigenvalue weighted by molar-refractivity contribution is 0.645. The normalized spacial score (nSPS) is 12.7. The van der Waals surface area contributed by atoms with Gasteiger partial charge >= 0.3 is 0 Å². The van der Waals surface area contributed by atoms with Crippen molar-refractivity contribution >= 4 is 0 Å². The van der Waals surface area contributed by atoms with Crippen LogP contribution in [0.3, 0.4) is 0 Å². The van der Waals surface area contributed by atoms with Crippen LogP contribution in [0, 0.1) is 13.8 Å². The van der Waals surface area contributed by atoms with Crippen LogP contribution in [0.5, 0.6) is 0 Å². The van der Waals surface area contributed by atoms with Crippen LogP contribution in [-0.2, 0) is 6.42 Å². The van der Waals surface area contributed by atoms with Crippen molar-refractivity contribution in [3.05, 3.63) is 52.9 Å². The summed E-state index contributed by atoms with van der Waals surface area (Å²) in [5.41, 5.74) is 6.12. The Morgan fingerprint density at radius 3 is 2.33 bits per heavy atom. The van der Waals surface area contributed by atoms with E-state index in [-0.39, 0.29) is 0 Å². The molecular weight excluding hydrogens is 258 g/mol. The van der Waals surface area contributed by atoms with Gasteiger partial charge in [-0.1, -0.05) is 20.8 Å². The first kappa shape index (κ1) is 15.6. The van der Waals surface area contributed by atoms with Crippen molar-refractivity contribution in [2.45, 2.75) is 59.3 Å². The number of hydrogen-bond donors (Lipinski definition) is 0. The molecule has 3 heteroatoms. The Hall–Kier alpha value is -1.77. The molecule has 1 atom stereocenters. The van der Waals surface area contributed by atoms with Gasteiger partial charge in [-0.2, -0.15) is 0 Å². The third kappa shape index (κ3) is 3.66. The number of aromatic nitrogens is 3. The molecule has 0 aliphatic heterocycles. The van der Waals surface area contributed by atoms with E-state index < -0.39 is 0 Å². The molecule has 0 N–H and O–H groups in total. The minimum Gasteiger partial charge on any atom is -0.261 e. The first-order valence-electron chi connectivity index (χ1n) is 7.72. The predicted molar refractivity (Wildman–Crippen MR) is 86.6 cm³/mol. The van der Waals surface area contributed by atoms with Crippen LogP contribution >= 0.6 is 0 Å². The quantitative estimate of drug-likeness (QED) is 0.819. The lowest BCUT2D eigenvalue weighted by atomic mass is 9.90. The summed E-state index contributed by atoms with van der Waals surface area (Å²) in [4.78, 5) is 13.5. The lowest BCUT2D eigenvalue weighted by Crippen LogP contribution is -2.07. The molecule has 2 aromatic rings. The minimum absolute atomic E-state index is 0.422. The fourth-order valence-electron chi connectivity index (χ4n) is 3.00. The Morgan fingerprint density at radius 2 is 1.67 bits per heavy atom. The molecule has 1 unspecified atom stereocenters. The van der Waals surface area contributed by atoms with Crippen LogP contribution in [0.4, 0.5) is 0 Å². The van der Waals surface area contributed by atoms with E-state index in [9.17, 15) is 0 Å². The summed E-state index contributed by atoms with van der Waals surface area (Å²) in [6.07, 6.45) is 7.52. The molecule has 2 aromatic heterocycles. The van der Waals surface area contributed by atoms with Gasteiger partial charge in [-0.25, -0.2) is 0 Å². The molecule has 0 saturated carbocycles. The van der Waals surface area contributed by atoms with Gasteiger partial charge < -0.3 is 0 Å². The summed E-state index contributed by atoms with van der Waals surface area (Å²) in [6, 6.07) is 2.10. The third-order valence-electron chi connectivity index (χ3n) is 4.07. The van der Waals surface area contributed by atoms with E-state index in [4.69, 9.17) is 0 Å². The second-order valence-corrected chi connectivity index (χ2v) is 6.11. The molecule has 0 amide bonds. The molecule has 21 heavy (non-hydrogen) atoms. The van der Waals surface area contributed by atoms with Crippen molar-refractivity contribution < 1.29 is 0 Å². The molecular formula is C18H25N3. The first-order valence-corrected chi connectivity index (χ1v) is 7.72. The second-order valence-electron chi connectivity index (χ2n) is 6.11. The molecule has 2 rings (SSSR count). The molecule has 0 spiro atoms. The van der Waals surface area contributed by atoms with E-state index in [1.54, 1.807) is 12.4 Å². The van der Waals surface area contributed by atoms with Crippen LogP contribution in [0.15, 0.2) is 24.7 Å². The van der Waals surface area contributed by atoms with Crippen molar-refractivity contribution in [3.63, 3.8) is 0 Å². The standard InChI is InChI=1S/C18H25N3/c1-12(2)18-16(20-10-11-21-18)7-6-13(3)17-14(4)8-9-19-15(17)5/h8-13H,6-7H2,1-5H3. The fraction of sp³-hybridized carbons (Fsp3) is 0.500. The Balaban J connectivity index is 2.13. The summed E-state index contributed by atoms with van der Waals surface area (Å²) in [5, 5.41) is 0. The molecule has 0 fully saturated rings. The largest absolute Gasteiger partial charge is 0.261 e. The summed E-state index contributed by atoms with van der Waals surface area (Å²) in [5.74, 6) is 0.909. The molecule has 0 radical (unpaired) electrons. The van der Waals surface area contributed by atoms with E-state index in [1.165, 1.54) is 11.1 Å². The third-order valence-corrected chi connectivity index (χ3v) is 4.07. The average Bonchev–Trinajstić information content (AvgIpc) is 2.45. The monoisotopic (exact) mass is 283 g/mol. The number of hydrogen-bond acceptors (Lipinski definition) is 3. The van der Waals surface area contributed by atoms with Crippen molar-refractivity contribution in [1.29, 1.82) is 0 Å². The zero-order valence-corrected chi connectivity index (χ0v) is 13.7. The number of aryl methyl sites for hydroxylation is 3. The highest BCUT2D eigenvalue weighted by Crippen LogP contribution is 2.27. The molecule has 0 bridgehead atoms. The SMILES string of the molecule is Cc1ccnc(C)c1C(C)CCc1nccnc1C(C)C. The molecule has 0 aliphatic rings. The Kier molecular flexibility index (Phi) is 5.05. The van der Waals surface area contributed by atoms with Gasteiger partial charge in [0.15, 0.2) is 0 Å². The fourth-order valence-corrected chi connectivity index (χ4v) is 3.00. The topological polar surface area (TPSA) is 38.7 Å². The van der Waals surface area contributed by atoms with Gasteiger partial charge in [-0.3, -0.25) is 15.0 Å². The van der Waals surface area contributed by atoms with E-state index >= 15 is 0 Å². The predicted octanol–water partition coefficient (Wildman–Crippen LogP) is 4.35. The van der Waals surface area contributed by atoms with Crippen LogP contribution in [0.2, 0.25) is 0 Å². The first-order chi connectivity index (χ1) is 10.0. The summed E-state index contributed by atoms with van der Waals surface area (Å²) >= 11 is 0. The Labute approximate surface area is 127 Å². The van der Waals surface area contributed by atoms with Gasteiger partial charge in [0.1, 0.15) is 0 Å². The molecule has 0 aliphatic carbocycles. The lowest BCUT2D eigenvalue weighted by Gasteiger charge is -2.17. The van der Waals surface area contributed by atoms with Gasteiger partial charge in [-0.15, -0.1) is 0 Å². The number of pyridine rings is 1. The van der Waals surface area contributed by atoms with Crippen LogP contribution in [0.1, 0.15) is 67.2 Å². The van der Waals surface area contributed by atoms with Crippen LogP contribution < -0.4 is 0 Å². The van der Waals surface area contributed by atoms with E-state index in [0.717, 1.165) is 29.9 Å². The second kappa shape index (κ2) is 6.79. The zero-order valence-electron chi connectivity index (χ0n) is 13.7. The summed E-state index contributed by atoms with van der Waals surface area (Å²) < 4.78 is 0. The van der Waals surface area contributed by atoms with Gasteiger partial charge in [0, 0.05) is 24.3 Å². The highest BCUT2D eigenvalue weighted by atomic mass is 14.8. The van der Waals surface area contributed by atoms with Gasteiger partial charge in [0.2, 0.25) is 0 Å². The van der Waals surface area contributed by atoms with Gasteiger partial charge in [-0.05, 0) is 55.7 Å². The van der Waals surface area contributed by atoms with Crippen molar-refractivity contribution in [2.24, 2.45) is 0 Å². The van der Waals surface area contributed by atoms with Crippen LogP contribution in [0.25, 0.3) is 0 Å². The molecule has 3 nitrogen and oxygen atoms in total. The number of nitrogens with zero attached hydrogens (tertiary/aromatic N) is 3. The Morgan fingerprint density at radius 1 is 0.952 bits per heavy atom. The van der Waals surface area contributed by atoms with Crippen molar-refractivity contribution in [1.82, 2.24) is 15.0 Å². The summed E-state index contributed by atoms with van der Waals surface area (Å²) in [7, 11) is 0. The zero-order chi connectivity index (χ0) is 15.4. The molecule has 0 aromatic carbocycles. The maximum Gasteiger partial charge on any atom is 0.0644 e. The van der Waals surface area contributed by atoms with Crippen LogP contribution in [-0.4, -0.2) is 15.0 Å². The molecule has 2 heterocycles. The van der Waals surface area contributed by atoms with Crippen molar-refractivity contribution in [2.75, 3.05) is 0 Å².